The summed E-state index contributed by atoms with van der Waals surface area (Å²) in [5, 5.41) is 2.97. The average Bonchev–Trinajstić information content (AvgIpc) is 2.40. The van der Waals surface area contributed by atoms with Gasteiger partial charge in [0.05, 0.1) is 5.56 Å². The van der Waals surface area contributed by atoms with Crippen molar-refractivity contribution >= 4 is 27.7 Å². The zero-order chi connectivity index (χ0) is 13.8. The number of halogens is 1. The largest absolute Gasteiger partial charge is 0.383 e. The lowest BCUT2D eigenvalue weighted by atomic mass is 9.83. The molecule has 5 heteroatoms. The van der Waals surface area contributed by atoms with Crippen LogP contribution in [-0.4, -0.2) is 17.4 Å². The Hall–Kier alpha value is -1.10. The number of amides is 1. The number of rotatable bonds is 3. The highest BCUT2D eigenvalue weighted by Crippen LogP contribution is 2.27. The first kappa shape index (κ1) is 14.3. The fraction of sp³-hybridized carbons (Fsp3) is 0.571. The SMILES string of the molecule is CC1CCC(CNC(=O)c2cc(Br)cnc2N)CC1. The Morgan fingerprint density at radius 1 is 1.47 bits per heavy atom. The monoisotopic (exact) mass is 325 g/mol. The van der Waals surface area contributed by atoms with E-state index in [0.29, 0.717) is 11.5 Å². The number of hydrogen-bond acceptors (Lipinski definition) is 3. The molecule has 0 aliphatic heterocycles. The summed E-state index contributed by atoms with van der Waals surface area (Å²) >= 11 is 3.30. The second kappa shape index (κ2) is 6.37. The summed E-state index contributed by atoms with van der Waals surface area (Å²) in [5.41, 5.74) is 6.17. The summed E-state index contributed by atoms with van der Waals surface area (Å²) in [5.74, 6) is 1.57. The van der Waals surface area contributed by atoms with E-state index in [4.69, 9.17) is 5.73 Å². The van der Waals surface area contributed by atoms with Crippen LogP contribution in [0.3, 0.4) is 0 Å². The van der Waals surface area contributed by atoms with Gasteiger partial charge in [-0.05, 0) is 46.7 Å². The molecule has 0 saturated heterocycles. The van der Waals surface area contributed by atoms with Crippen LogP contribution in [0.1, 0.15) is 43.0 Å². The van der Waals surface area contributed by atoms with Gasteiger partial charge in [0.2, 0.25) is 0 Å². The van der Waals surface area contributed by atoms with Crippen molar-refractivity contribution in [2.45, 2.75) is 32.6 Å². The Morgan fingerprint density at radius 2 is 2.16 bits per heavy atom. The minimum Gasteiger partial charge on any atom is -0.383 e. The van der Waals surface area contributed by atoms with Crippen molar-refractivity contribution in [2.75, 3.05) is 12.3 Å². The molecule has 0 radical (unpaired) electrons. The van der Waals surface area contributed by atoms with Crippen molar-refractivity contribution in [1.29, 1.82) is 0 Å². The summed E-state index contributed by atoms with van der Waals surface area (Å²) in [6, 6.07) is 1.71. The smallest absolute Gasteiger partial charge is 0.255 e. The van der Waals surface area contributed by atoms with Gasteiger partial charge in [-0.3, -0.25) is 4.79 Å². The first-order chi connectivity index (χ1) is 9.06. The molecular weight excluding hydrogens is 306 g/mol. The number of carbonyl (C=O) groups excluding carboxylic acids is 1. The van der Waals surface area contributed by atoms with Gasteiger partial charge in [-0.2, -0.15) is 0 Å². The van der Waals surface area contributed by atoms with Gasteiger partial charge in [-0.15, -0.1) is 0 Å². The number of nitrogen functional groups attached to an aromatic ring is 1. The average molecular weight is 326 g/mol. The molecule has 104 valence electrons. The van der Waals surface area contributed by atoms with Gasteiger partial charge < -0.3 is 11.1 Å². The minimum atomic E-state index is -0.134. The number of nitrogens with zero attached hydrogens (tertiary/aromatic N) is 1. The Bertz CT molecular complexity index is 456. The Kier molecular flexibility index (Phi) is 4.80. The van der Waals surface area contributed by atoms with E-state index < -0.39 is 0 Å². The van der Waals surface area contributed by atoms with Crippen LogP contribution in [0.25, 0.3) is 0 Å². The lowest BCUT2D eigenvalue weighted by Gasteiger charge is -2.26. The molecule has 0 aromatic carbocycles. The van der Waals surface area contributed by atoms with Gasteiger partial charge in [0.25, 0.3) is 5.91 Å². The predicted molar refractivity (Wildman–Crippen MR) is 79.8 cm³/mol. The van der Waals surface area contributed by atoms with E-state index in [1.807, 2.05) is 0 Å². The van der Waals surface area contributed by atoms with Crippen molar-refractivity contribution in [1.82, 2.24) is 10.3 Å². The van der Waals surface area contributed by atoms with E-state index >= 15 is 0 Å². The number of anilines is 1. The van der Waals surface area contributed by atoms with Crippen molar-refractivity contribution < 1.29 is 4.79 Å². The second-order valence-corrected chi connectivity index (χ2v) is 6.34. The molecule has 0 unspecified atom stereocenters. The Morgan fingerprint density at radius 3 is 2.84 bits per heavy atom. The van der Waals surface area contributed by atoms with Crippen LogP contribution in [0, 0.1) is 11.8 Å². The van der Waals surface area contributed by atoms with Crippen LogP contribution in [0.5, 0.6) is 0 Å². The molecule has 1 heterocycles. The van der Waals surface area contributed by atoms with Gasteiger partial charge in [0.15, 0.2) is 0 Å². The number of nitrogens with two attached hydrogens (primary N) is 1. The molecule has 0 spiro atoms. The third kappa shape index (κ3) is 3.93. The zero-order valence-electron chi connectivity index (χ0n) is 11.2. The summed E-state index contributed by atoms with van der Waals surface area (Å²) in [7, 11) is 0. The molecule has 3 N–H and O–H groups in total. The van der Waals surface area contributed by atoms with Gasteiger partial charge in [-0.1, -0.05) is 19.8 Å². The number of aromatic nitrogens is 1. The summed E-state index contributed by atoms with van der Waals surface area (Å²) in [6.45, 7) is 3.03. The van der Waals surface area contributed by atoms with Crippen molar-refractivity contribution in [3.8, 4) is 0 Å². The lowest BCUT2D eigenvalue weighted by Crippen LogP contribution is -2.31. The fourth-order valence-electron chi connectivity index (χ4n) is 2.50. The molecule has 1 amide bonds. The fourth-order valence-corrected chi connectivity index (χ4v) is 2.83. The van der Waals surface area contributed by atoms with Crippen LogP contribution in [0.15, 0.2) is 16.7 Å². The van der Waals surface area contributed by atoms with E-state index in [1.165, 1.54) is 25.7 Å². The van der Waals surface area contributed by atoms with E-state index in [-0.39, 0.29) is 11.7 Å². The number of hydrogen-bond donors (Lipinski definition) is 2. The summed E-state index contributed by atoms with van der Waals surface area (Å²) in [4.78, 5) is 16.0. The third-order valence-electron chi connectivity index (χ3n) is 3.82. The highest BCUT2D eigenvalue weighted by atomic mass is 79.9. The van der Waals surface area contributed by atoms with Crippen LogP contribution in [-0.2, 0) is 0 Å². The molecule has 1 saturated carbocycles. The van der Waals surface area contributed by atoms with E-state index in [2.05, 4.69) is 33.2 Å². The Labute approximate surface area is 122 Å². The molecule has 1 aromatic rings. The van der Waals surface area contributed by atoms with E-state index in [9.17, 15) is 4.79 Å². The highest BCUT2D eigenvalue weighted by molar-refractivity contribution is 9.10. The Balaban J connectivity index is 1.89. The first-order valence-electron chi connectivity index (χ1n) is 6.75. The number of pyridine rings is 1. The van der Waals surface area contributed by atoms with Gasteiger partial charge in [0, 0.05) is 17.2 Å². The second-order valence-electron chi connectivity index (χ2n) is 5.42. The maximum Gasteiger partial charge on any atom is 0.255 e. The maximum absolute atomic E-state index is 12.1. The van der Waals surface area contributed by atoms with Crippen molar-refractivity contribution in [2.24, 2.45) is 11.8 Å². The van der Waals surface area contributed by atoms with Gasteiger partial charge in [-0.25, -0.2) is 4.98 Å². The molecule has 4 nitrogen and oxygen atoms in total. The topological polar surface area (TPSA) is 68.0 Å². The molecule has 1 fully saturated rings. The van der Waals surface area contributed by atoms with Crippen LogP contribution < -0.4 is 11.1 Å². The van der Waals surface area contributed by atoms with Crippen LogP contribution >= 0.6 is 15.9 Å². The summed E-state index contributed by atoms with van der Waals surface area (Å²) < 4.78 is 0.762. The van der Waals surface area contributed by atoms with Crippen LogP contribution in [0.2, 0.25) is 0 Å². The van der Waals surface area contributed by atoms with Crippen molar-refractivity contribution in [3.05, 3.63) is 22.3 Å². The summed E-state index contributed by atoms with van der Waals surface area (Å²) in [6.07, 6.45) is 6.53. The molecule has 2 rings (SSSR count). The number of carbonyl (C=O) groups is 1. The standard InChI is InChI=1S/C14H20BrN3O/c1-9-2-4-10(5-3-9)7-18-14(19)12-6-11(15)8-17-13(12)16/h6,8-10H,2-5,7H2,1H3,(H2,16,17)(H,18,19). The molecule has 1 aliphatic rings. The molecule has 19 heavy (non-hydrogen) atoms. The quantitative estimate of drug-likeness (QED) is 0.897. The first-order valence-corrected chi connectivity index (χ1v) is 7.54. The maximum atomic E-state index is 12.1. The van der Waals surface area contributed by atoms with Crippen molar-refractivity contribution in [3.63, 3.8) is 0 Å². The van der Waals surface area contributed by atoms with E-state index in [1.54, 1.807) is 12.3 Å². The third-order valence-corrected chi connectivity index (χ3v) is 4.25. The normalized spacial score (nSPS) is 23.1. The van der Waals surface area contributed by atoms with Gasteiger partial charge in [0.1, 0.15) is 5.82 Å². The predicted octanol–water partition coefficient (Wildman–Crippen LogP) is 2.98. The molecule has 0 bridgehead atoms. The lowest BCUT2D eigenvalue weighted by molar-refractivity contribution is 0.0942. The minimum absolute atomic E-state index is 0.134. The molecule has 1 aromatic heterocycles. The van der Waals surface area contributed by atoms with Crippen LogP contribution in [0.4, 0.5) is 5.82 Å². The van der Waals surface area contributed by atoms with Gasteiger partial charge >= 0.3 is 0 Å². The molecule has 1 aliphatic carbocycles. The van der Waals surface area contributed by atoms with E-state index in [0.717, 1.165) is 16.9 Å². The number of nitrogens with one attached hydrogen (secondary N) is 1. The molecule has 0 atom stereocenters. The zero-order valence-corrected chi connectivity index (χ0v) is 12.7. The molecular formula is C14H20BrN3O. The highest BCUT2D eigenvalue weighted by Gasteiger charge is 2.19.